The summed E-state index contributed by atoms with van der Waals surface area (Å²) in [6, 6.07) is 21.6. The number of carbonyl (C=O) groups is 2. The zero-order valence-electron chi connectivity index (χ0n) is 23.0. The van der Waals surface area contributed by atoms with Crippen LogP contribution in [0.2, 0.25) is 0 Å². The van der Waals surface area contributed by atoms with Gasteiger partial charge in [0.2, 0.25) is 28.6 Å². The molecule has 0 aromatic heterocycles. The molecule has 0 bridgehead atoms. The van der Waals surface area contributed by atoms with Gasteiger partial charge in [-0.1, -0.05) is 60.2 Å². The number of rotatable bonds is 12. The van der Waals surface area contributed by atoms with Crippen LogP contribution in [0.3, 0.4) is 0 Å². The second kappa shape index (κ2) is 12.9. The first-order valence-electron chi connectivity index (χ1n) is 13.1. The molecule has 0 saturated carbocycles. The second-order valence-electron chi connectivity index (χ2n) is 9.81. The Kier molecular flexibility index (Phi) is 9.31. The highest BCUT2D eigenvalue weighted by Gasteiger charge is 2.30. The maximum absolute atomic E-state index is 13.7. The van der Waals surface area contributed by atoms with Gasteiger partial charge in [-0.3, -0.25) is 13.9 Å². The van der Waals surface area contributed by atoms with Gasteiger partial charge in [0, 0.05) is 39.0 Å². The molecule has 0 spiro atoms. The highest BCUT2D eigenvalue weighted by Crippen LogP contribution is 2.36. The number of hydrogen-bond acceptors (Lipinski definition) is 6. The van der Waals surface area contributed by atoms with Gasteiger partial charge in [0.25, 0.3) is 0 Å². The van der Waals surface area contributed by atoms with Crippen molar-refractivity contribution < 1.29 is 27.5 Å². The Balaban J connectivity index is 1.55. The van der Waals surface area contributed by atoms with Crippen LogP contribution >= 0.6 is 0 Å². The maximum atomic E-state index is 13.7. The number of hydrogen-bond donors (Lipinski definition) is 1. The normalized spacial score (nSPS) is 13.0. The van der Waals surface area contributed by atoms with Crippen LogP contribution in [-0.2, 0) is 32.6 Å². The molecule has 1 N–H and O–H groups in total. The van der Waals surface area contributed by atoms with Gasteiger partial charge < -0.3 is 19.7 Å². The van der Waals surface area contributed by atoms with Gasteiger partial charge >= 0.3 is 0 Å². The Morgan fingerprint density at radius 3 is 2.38 bits per heavy atom. The standard InChI is InChI=1S/C30H35N3O6S/c1-22-9-7-12-24(17-22)20-32(26(30(35)31-2)18-23-10-5-4-6-11-23)29(34)13-8-16-33(40(3,36)37)25-14-15-27-28(19-25)39-21-38-27/h4-7,9-12,14-15,17,19,26H,8,13,16,18,20-21H2,1-3H3,(H,31,35). The molecule has 1 aliphatic rings. The zero-order chi connectivity index (χ0) is 28.7. The van der Waals surface area contributed by atoms with Crippen molar-refractivity contribution in [3.05, 3.63) is 89.5 Å². The molecule has 10 heteroatoms. The molecule has 1 heterocycles. The summed E-state index contributed by atoms with van der Waals surface area (Å²) in [5.74, 6) is 0.534. The topological polar surface area (TPSA) is 105 Å². The Bertz CT molecular complexity index is 1440. The van der Waals surface area contributed by atoms with Crippen LogP contribution in [0.15, 0.2) is 72.8 Å². The number of aryl methyl sites for hydroxylation is 1. The lowest BCUT2D eigenvalue weighted by Crippen LogP contribution is -2.49. The van der Waals surface area contributed by atoms with E-state index in [1.165, 1.54) is 4.31 Å². The number of nitrogens with one attached hydrogen (secondary N) is 1. The van der Waals surface area contributed by atoms with Crippen LogP contribution in [0.25, 0.3) is 0 Å². The van der Waals surface area contributed by atoms with E-state index in [-0.39, 0.29) is 44.5 Å². The number of carbonyl (C=O) groups excluding carboxylic acids is 2. The molecule has 3 aromatic carbocycles. The first kappa shape index (κ1) is 28.9. The lowest BCUT2D eigenvalue weighted by atomic mass is 10.0. The Morgan fingerprint density at radius 2 is 1.68 bits per heavy atom. The predicted molar refractivity (Wildman–Crippen MR) is 154 cm³/mol. The molecule has 40 heavy (non-hydrogen) atoms. The molecule has 2 amide bonds. The maximum Gasteiger partial charge on any atom is 0.242 e. The molecule has 1 unspecified atom stereocenters. The number of fused-ring (bicyclic) bond motifs is 1. The minimum absolute atomic E-state index is 0.0602. The fraction of sp³-hybridized carbons (Fsp3) is 0.333. The van der Waals surface area contributed by atoms with Crippen LogP contribution in [0.1, 0.15) is 29.5 Å². The molecule has 0 aliphatic carbocycles. The number of anilines is 1. The largest absolute Gasteiger partial charge is 0.454 e. The number of benzene rings is 3. The predicted octanol–water partition coefficient (Wildman–Crippen LogP) is 3.66. The van der Waals surface area contributed by atoms with Crippen LogP contribution < -0.4 is 19.1 Å². The second-order valence-corrected chi connectivity index (χ2v) is 11.7. The average Bonchev–Trinajstić information content (AvgIpc) is 3.40. The number of sulfonamides is 1. The van der Waals surface area contributed by atoms with Gasteiger partial charge in [-0.05, 0) is 36.6 Å². The molecule has 9 nitrogen and oxygen atoms in total. The Morgan fingerprint density at radius 1 is 0.950 bits per heavy atom. The van der Waals surface area contributed by atoms with Crippen LogP contribution in [0.5, 0.6) is 11.5 Å². The van der Waals surface area contributed by atoms with Crippen molar-refractivity contribution in [1.29, 1.82) is 0 Å². The average molecular weight is 566 g/mol. The van der Waals surface area contributed by atoms with Gasteiger partial charge in [-0.15, -0.1) is 0 Å². The fourth-order valence-electron chi connectivity index (χ4n) is 4.77. The summed E-state index contributed by atoms with van der Waals surface area (Å²) in [7, 11) is -2.07. The van der Waals surface area contributed by atoms with E-state index in [9.17, 15) is 18.0 Å². The van der Waals surface area contributed by atoms with E-state index >= 15 is 0 Å². The molecule has 0 saturated heterocycles. The van der Waals surface area contributed by atoms with Crippen molar-refractivity contribution in [1.82, 2.24) is 10.2 Å². The van der Waals surface area contributed by atoms with Crippen molar-refractivity contribution >= 4 is 27.5 Å². The van der Waals surface area contributed by atoms with E-state index in [0.717, 1.165) is 22.9 Å². The minimum atomic E-state index is -3.63. The highest BCUT2D eigenvalue weighted by molar-refractivity contribution is 7.92. The lowest BCUT2D eigenvalue weighted by Gasteiger charge is -2.31. The molecular formula is C30H35N3O6S. The zero-order valence-corrected chi connectivity index (χ0v) is 23.8. The third-order valence-corrected chi connectivity index (χ3v) is 7.94. The number of nitrogens with zero attached hydrogens (tertiary/aromatic N) is 2. The van der Waals surface area contributed by atoms with E-state index < -0.39 is 16.1 Å². The lowest BCUT2D eigenvalue weighted by molar-refractivity contribution is -0.141. The van der Waals surface area contributed by atoms with Gasteiger partial charge in [0.15, 0.2) is 11.5 Å². The molecular weight excluding hydrogens is 530 g/mol. The van der Waals surface area contributed by atoms with E-state index in [4.69, 9.17) is 9.47 Å². The van der Waals surface area contributed by atoms with Gasteiger partial charge in [-0.2, -0.15) is 0 Å². The number of likely N-dealkylation sites (N-methyl/N-ethyl adjacent to an activating group) is 1. The van der Waals surface area contributed by atoms with Crippen LogP contribution in [0.4, 0.5) is 5.69 Å². The molecule has 1 aliphatic heterocycles. The van der Waals surface area contributed by atoms with E-state index in [1.807, 2.05) is 61.5 Å². The molecule has 0 fully saturated rings. The summed E-state index contributed by atoms with van der Waals surface area (Å²) < 4.78 is 37.3. The van der Waals surface area contributed by atoms with Gasteiger partial charge in [0.1, 0.15) is 6.04 Å². The fourth-order valence-corrected chi connectivity index (χ4v) is 5.73. The molecule has 212 valence electrons. The Hall–Kier alpha value is -4.05. The summed E-state index contributed by atoms with van der Waals surface area (Å²) >= 11 is 0. The minimum Gasteiger partial charge on any atom is -0.454 e. The molecule has 4 rings (SSSR count). The summed E-state index contributed by atoms with van der Waals surface area (Å²) in [5.41, 5.74) is 3.33. The summed E-state index contributed by atoms with van der Waals surface area (Å²) in [6.45, 7) is 2.40. The first-order chi connectivity index (χ1) is 19.2. The molecule has 1 atom stereocenters. The third-order valence-electron chi connectivity index (χ3n) is 6.75. The summed E-state index contributed by atoms with van der Waals surface area (Å²) in [4.78, 5) is 28.4. The smallest absolute Gasteiger partial charge is 0.242 e. The first-order valence-corrected chi connectivity index (χ1v) is 15.0. The van der Waals surface area contributed by atoms with Gasteiger partial charge in [-0.25, -0.2) is 8.42 Å². The quantitative estimate of drug-likeness (QED) is 0.360. The van der Waals surface area contributed by atoms with Crippen molar-refractivity contribution in [3.8, 4) is 11.5 Å². The SMILES string of the molecule is CNC(=O)C(Cc1ccccc1)N(Cc1cccc(C)c1)C(=O)CCCN(c1ccc2c(c1)OCO2)S(C)(=O)=O. The van der Waals surface area contributed by atoms with Crippen LogP contribution in [-0.4, -0.2) is 57.8 Å². The number of amides is 2. The van der Waals surface area contributed by atoms with Gasteiger partial charge in [0.05, 0.1) is 11.9 Å². The highest BCUT2D eigenvalue weighted by atomic mass is 32.2. The summed E-state index contributed by atoms with van der Waals surface area (Å²) in [6.07, 6.45) is 1.80. The van der Waals surface area contributed by atoms with Crippen LogP contribution in [0, 0.1) is 6.92 Å². The third kappa shape index (κ3) is 7.32. The van der Waals surface area contributed by atoms with Crippen molar-refractivity contribution in [2.75, 3.05) is 30.9 Å². The van der Waals surface area contributed by atoms with Crippen molar-refractivity contribution in [3.63, 3.8) is 0 Å². The van der Waals surface area contributed by atoms with E-state index in [2.05, 4.69) is 5.32 Å². The molecule has 3 aromatic rings. The van der Waals surface area contributed by atoms with E-state index in [0.29, 0.717) is 23.6 Å². The Labute approximate surface area is 235 Å². The van der Waals surface area contributed by atoms with Crippen molar-refractivity contribution in [2.24, 2.45) is 0 Å². The van der Waals surface area contributed by atoms with Crippen molar-refractivity contribution in [2.45, 2.75) is 38.8 Å². The number of ether oxygens (including phenoxy) is 2. The molecule has 0 radical (unpaired) electrons. The summed E-state index contributed by atoms with van der Waals surface area (Å²) in [5, 5.41) is 2.71. The monoisotopic (exact) mass is 565 g/mol. The van der Waals surface area contributed by atoms with E-state index in [1.54, 1.807) is 30.1 Å².